The minimum Gasteiger partial charge on any atom is -0.491 e. The lowest BCUT2D eigenvalue weighted by atomic mass is 10.2. The Balaban J connectivity index is 2.09. The van der Waals surface area contributed by atoms with Gasteiger partial charge in [0.25, 0.3) is 0 Å². The highest BCUT2D eigenvalue weighted by molar-refractivity contribution is 5.91. The number of rotatable bonds is 3. The van der Waals surface area contributed by atoms with Gasteiger partial charge in [-0.2, -0.15) is 0 Å². The van der Waals surface area contributed by atoms with Crippen LogP contribution in [0.25, 0.3) is 11.4 Å². The third kappa shape index (κ3) is 2.54. The molecule has 3 rings (SSSR count). The summed E-state index contributed by atoms with van der Waals surface area (Å²) in [5.41, 5.74) is 5.43. The fourth-order valence-corrected chi connectivity index (χ4v) is 2.03. The molecule has 2 aromatic rings. The molecule has 0 spiro atoms. The fraction of sp³-hybridized carbons (Fsp3) is 0.154. The van der Waals surface area contributed by atoms with E-state index in [1.54, 1.807) is 0 Å². The molecular formula is C13H9F2N3O5. The molecule has 0 aliphatic carbocycles. The Labute approximate surface area is 127 Å². The average Bonchev–Trinajstić information content (AvgIpc) is 2.78. The minimum atomic E-state index is -3.76. The number of hydrogen-bond donors (Lipinski definition) is 2. The van der Waals surface area contributed by atoms with E-state index in [4.69, 9.17) is 15.6 Å². The largest absolute Gasteiger partial charge is 0.586 e. The summed E-state index contributed by atoms with van der Waals surface area (Å²) >= 11 is 0. The van der Waals surface area contributed by atoms with Crippen LogP contribution in [0.1, 0.15) is 10.5 Å². The van der Waals surface area contributed by atoms with Gasteiger partial charge in [-0.1, -0.05) is 0 Å². The maximum absolute atomic E-state index is 13.0. The summed E-state index contributed by atoms with van der Waals surface area (Å²) in [7, 11) is 1.23. The Bertz CT molecular complexity index is 812. The first-order valence-corrected chi connectivity index (χ1v) is 6.16. The predicted octanol–water partition coefficient (Wildman–Crippen LogP) is 1.75. The van der Waals surface area contributed by atoms with E-state index in [1.807, 2.05) is 0 Å². The number of carbonyl (C=O) groups is 1. The van der Waals surface area contributed by atoms with Gasteiger partial charge < -0.3 is 25.1 Å². The molecule has 0 unspecified atom stereocenters. The van der Waals surface area contributed by atoms with E-state index in [0.717, 1.165) is 0 Å². The second kappa shape index (κ2) is 4.93. The predicted molar refractivity (Wildman–Crippen MR) is 71.6 cm³/mol. The van der Waals surface area contributed by atoms with Gasteiger partial charge in [-0.3, -0.25) is 0 Å². The lowest BCUT2D eigenvalue weighted by Crippen LogP contribution is -2.25. The summed E-state index contributed by atoms with van der Waals surface area (Å²) in [6.07, 6.45) is -3.76. The van der Waals surface area contributed by atoms with Crippen LogP contribution in [0.3, 0.4) is 0 Å². The van der Waals surface area contributed by atoms with Gasteiger partial charge in [0.05, 0.1) is 7.11 Å². The summed E-state index contributed by atoms with van der Waals surface area (Å²) in [4.78, 5) is 19.0. The van der Waals surface area contributed by atoms with Crippen molar-refractivity contribution in [3.63, 3.8) is 0 Å². The number of fused-ring (bicyclic) bond motifs is 1. The van der Waals surface area contributed by atoms with Crippen LogP contribution in [0.2, 0.25) is 0 Å². The summed E-state index contributed by atoms with van der Waals surface area (Å²) in [5.74, 6) is -2.21. The van der Waals surface area contributed by atoms with Gasteiger partial charge in [-0.05, 0) is 18.2 Å². The molecule has 0 radical (unpaired) electrons. The topological polar surface area (TPSA) is 117 Å². The molecule has 1 aromatic heterocycles. The van der Waals surface area contributed by atoms with E-state index in [0.29, 0.717) is 0 Å². The first kappa shape index (κ1) is 14.8. The van der Waals surface area contributed by atoms with E-state index < -0.39 is 18.0 Å². The van der Waals surface area contributed by atoms with Crippen molar-refractivity contribution in [2.75, 3.05) is 12.8 Å². The van der Waals surface area contributed by atoms with E-state index >= 15 is 0 Å². The average molecular weight is 325 g/mol. The Kier molecular flexibility index (Phi) is 3.17. The standard InChI is InChI=1S/C13H9F2N3O5/c1-21-9-8(12(19)20)17-11(18-10(9)16)5-2-3-6-7(4-5)23-13(14,15)22-6/h2-4H,1H3,(H,19,20)(H2,16,17,18). The molecule has 0 bridgehead atoms. The van der Waals surface area contributed by atoms with Crippen molar-refractivity contribution in [3.8, 4) is 28.6 Å². The van der Waals surface area contributed by atoms with Crippen molar-refractivity contribution in [1.29, 1.82) is 0 Å². The van der Waals surface area contributed by atoms with Crippen molar-refractivity contribution in [1.82, 2.24) is 9.97 Å². The van der Waals surface area contributed by atoms with Crippen molar-refractivity contribution >= 4 is 11.8 Å². The molecule has 0 saturated heterocycles. The highest BCUT2D eigenvalue weighted by Crippen LogP contribution is 2.42. The number of ether oxygens (including phenoxy) is 3. The number of anilines is 1. The third-order valence-corrected chi connectivity index (χ3v) is 2.96. The highest BCUT2D eigenvalue weighted by Gasteiger charge is 2.43. The maximum Gasteiger partial charge on any atom is 0.586 e. The quantitative estimate of drug-likeness (QED) is 0.876. The first-order chi connectivity index (χ1) is 10.8. The summed E-state index contributed by atoms with van der Waals surface area (Å²) in [6.45, 7) is 0. The van der Waals surface area contributed by atoms with Gasteiger partial charge in [0.15, 0.2) is 34.6 Å². The molecule has 23 heavy (non-hydrogen) atoms. The number of hydrogen-bond acceptors (Lipinski definition) is 7. The zero-order chi connectivity index (χ0) is 16.8. The summed E-state index contributed by atoms with van der Waals surface area (Å²) in [6, 6.07) is 3.80. The second-order valence-corrected chi connectivity index (χ2v) is 4.45. The molecule has 3 N–H and O–H groups in total. The van der Waals surface area contributed by atoms with Crippen molar-refractivity contribution in [3.05, 3.63) is 23.9 Å². The van der Waals surface area contributed by atoms with Crippen LogP contribution in [0.15, 0.2) is 18.2 Å². The molecule has 1 aliphatic heterocycles. The Morgan fingerprint density at radius 2 is 2.00 bits per heavy atom. The monoisotopic (exact) mass is 325 g/mol. The van der Waals surface area contributed by atoms with Gasteiger partial charge in [0, 0.05) is 5.56 Å². The Hall–Kier alpha value is -3.17. The Morgan fingerprint density at radius 1 is 1.30 bits per heavy atom. The van der Waals surface area contributed by atoms with Gasteiger partial charge in [0.1, 0.15) is 0 Å². The van der Waals surface area contributed by atoms with Gasteiger partial charge >= 0.3 is 12.3 Å². The first-order valence-electron chi connectivity index (χ1n) is 6.16. The van der Waals surface area contributed by atoms with Crippen molar-refractivity contribution < 1.29 is 32.9 Å². The zero-order valence-corrected chi connectivity index (χ0v) is 11.5. The fourth-order valence-electron chi connectivity index (χ4n) is 2.03. The second-order valence-electron chi connectivity index (χ2n) is 4.45. The number of halogens is 2. The number of benzene rings is 1. The van der Waals surface area contributed by atoms with Crippen LogP contribution < -0.4 is 19.9 Å². The molecule has 0 atom stereocenters. The molecule has 8 nitrogen and oxygen atoms in total. The van der Waals surface area contributed by atoms with E-state index in [1.165, 1.54) is 25.3 Å². The van der Waals surface area contributed by atoms with E-state index in [9.17, 15) is 13.6 Å². The van der Waals surface area contributed by atoms with Crippen LogP contribution in [0, 0.1) is 0 Å². The third-order valence-electron chi connectivity index (χ3n) is 2.96. The number of carboxylic acid groups (broad SMARTS) is 1. The molecule has 0 fully saturated rings. The number of aromatic carboxylic acids is 1. The smallest absolute Gasteiger partial charge is 0.491 e. The molecule has 0 saturated carbocycles. The van der Waals surface area contributed by atoms with Crippen LogP contribution in [0.4, 0.5) is 14.6 Å². The normalized spacial score (nSPS) is 14.6. The summed E-state index contributed by atoms with van der Waals surface area (Å²) in [5, 5.41) is 9.15. The Morgan fingerprint density at radius 3 is 2.65 bits per heavy atom. The number of nitrogens with zero attached hydrogens (tertiary/aromatic N) is 2. The van der Waals surface area contributed by atoms with E-state index in [-0.39, 0.29) is 34.5 Å². The molecule has 10 heteroatoms. The zero-order valence-electron chi connectivity index (χ0n) is 11.5. The van der Waals surface area contributed by atoms with Crippen molar-refractivity contribution in [2.24, 2.45) is 0 Å². The molecule has 120 valence electrons. The highest BCUT2D eigenvalue weighted by atomic mass is 19.3. The summed E-state index contributed by atoms with van der Waals surface area (Å²) < 4.78 is 39.5. The van der Waals surface area contributed by atoms with Crippen LogP contribution in [-0.2, 0) is 0 Å². The number of aromatic nitrogens is 2. The van der Waals surface area contributed by atoms with Crippen LogP contribution in [0.5, 0.6) is 17.2 Å². The van der Waals surface area contributed by atoms with Gasteiger partial charge in [-0.15, -0.1) is 8.78 Å². The van der Waals surface area contributed by atoms with Crippen LogP contribution in [-0.4, -0.2) is 34.4 Å². The van der Waals surface area contributed by atoms with E-state index in [2.05, 4.69) is 19.4 Å². The molecule has 1 aromatic carbocycles. The lowest BCUT2D eigenvalue weighted by Gasteiger charge is -2.09. The SMILES string of the molecule is COc1c(N)nc(-c2ccc3c(c2)OC(F)(F)O3)nc1C(=O)O. The maximum atomic E-state index is 13.0. The number of nitrogens with two attached hydrogens (primary N) is 1. The number of carboxylic acids is 1. The molecule has 1 aliphatic rings. The molecule has 2 heterocycles. The van der Waals surface area contributed by atoms with Gasteiger partial charge in [0.2, 0.25) is 0 Å². The van der Waals surface area contributed by atoms with Crippen molar-refractivity contribution in [2.45, 2.75) is 6.29 Å². The van der Waals surface area contributed by atoms with Gasteiger partial charge in [-0.25, -0.2) is 14.8 Å². The number of nitrogen functional groups attached to an aromatic ring is 1. The molecule has 0 amide bonds. The molecular weight excluding hydrogens is 316 g/mol. The van der Waals surface area contributed by atoms with Crippen LogP contribution >= 0.6 is 0 Å². The number of alkyl halides is 2. The minimum absolute atomic E-state index is 0.0812. The number of methoxy groups -OCH3 is 1. The lowest BCUT2D eigenvalue weighted by molar-refractivity contribution is -0.286.